The first-order chi connectivity index (χ1) is 12.9. The van der Waals surface area contributed by atoms with Crippen molar-refractivity contribution in [3.8, 4) is 17.6 Å². The van der Waals surface area contributed by atoms with Gasteiger partial charge in [-0.2, -0.15) is 5.26 Å². The van der Waals surface area contributed by atoms with Crippen molar-refractivity contribution in [2.75, 3.05) is 13.7 Å². The lowest BCUT2D eigenvalue weighted by atomic mass is 10.2. The highest BCUT2D eigenvalue weighted by Crippen LogP contribution is 2.27. The third-order valence-electron chi connectivity index (χ3n) is 3.29. The second-order valence-electron chi connectivity index (χ2n) is 5.08. The number of amides is 2. The van der Waals surface area contributed by atoms with Crippen LogP contribution in [-0.2, 0) is 4.79 Å². The van der Waals surface area contributed by atoms with E-state index in [0.717, 1.165) is 6.07 Å². The molecule has 0 bridgehead atoms. The molecule has 0 fully saturated rings. The second kappa shape index (κ2) is 8.82. The van der Waals surface area contributed by atoms with Gasteiger partial charge in [0.2, 0.25) is 0 Å². The summed E-state index contributed by atoms with van der Waals surface area (Å²) in [4.78, 5) is 33.8. The van der Waals surface area contributed by atoms with E-state index in [4.69, 9.17) is 14.7 Å². The van der Waals surface area contributed by atoms with Crippen molar-refractivity contribution in [3.05, 3.63) is 63.7 Å². The van der Waals surface area contributed by atoms with Crippen LogP contribution in [0.5, 0.6) is 11.5 Å². The van der Waals surface area contributed by atoms with Gasteiger partial charge in [0, 0.05) is 23.8 Å². The van der Waals surface area contributed by atoms with Crippen molar-refractivity contribution in [1.82, 2.24) is 10.9 Å². The average molecular weight is 370 g/mol. The largest absolute Gasteiger partial charge is 0.493 e. The number of nitriles is 1. The van der Waals surface area contributed by atoms with E-state index in [9.17, 15) is 19.7 Å². The normalized spacial score (nSPS) is 9.63. The number of methoxy groups -OCH3 is 1. The number of nitro benzene ring substituents is 1. The van der Waals surface area contributed by atoms with Crippen LogP contribution in [0, 0.1) is 21.4 Å². The molecule has 2 rings (SSSR count). The van der Waals surface area contributed by atoms with E-state index in [1.165, 1.54) is 43.5 Å². The topological polar surface area (TPSA) is 144 Å². The van der Waals surface area contributed by atoms with Gasteiger partial charge in [0.05, 0.1) is 23.7 Å². The van der Waals surface area contributed by atoms with Crippen LogP contribution >= 0.6 is 0 Å². The SMILES string of the molecule is COc1cc(C#N)ccc1OCC(=O)NNC(=O)c1cccc([N+](=O)[O-])c1. The lowest BCUT2D eigenvalue weighted by molar-refractivity contribution is -0.384. The molecule has 0 unspecified atom stereocenters. The van der Waals surface area contributed by atoms with Crippen LogP contribution in [0.3, 0.4) is 0 Å². The molecule has 0 heterocycles. The van der Waals surface area contributed by atoms with Gasteiger partial charge in [0.25, 0.3) is 17.5 Å². The van der Waals surface area contributed by atoms with Gasteiger partial charge in [-0.05, 0) is 18.2 Å². The number of non-ortho nitro benzene ring substituents is 1. The molecular formula is C17H14N4O6. The number of benzene rings is 2. The van der Waals surface area contributed by atoms with Crippen LogP contribution in [0.25, 0.3) is 0 Å². The maximum absolute atomic E-state index is 11.9. The average Bonchev–Trinajstić information content (AvgIpc) is 2.70. The van der Waals surface area contributed by atoms with Crippen LogP contribution in [0.2, 0.25) is 0 Å². The minimum absolute atomic E-state index is 0.0131. The highest BCUT2D eigenvalue weighted by atomic mass is 16.6. The Hall–Kier alpha value is -4.13. The van der Waals surface area contributed by atoms with Crippen molar-refractivity contribution in [1.29, 1.82) is 5.26 Å². The smallest absolute Gasteiger partial charge is 0.276 e. The summed E-state index contributed by atoms with van der Waals surface area (Å²) in [6.07, 6.45) is 0. The molecule has 0 aliphatic heterocycles. The Morgan fingerprint density at radius 3 is 2.63 bits per heavy atom. The monoisotopic (exact) mass is 370 g/mol. The first kappa shape index (κ1) is 19.2. The molecule has 0 radical (unpaired) electrons. The van der Waals surface area contributed by atoms with Crippen LogP contribution in [0.15, 0.2) is 42.5 Å². The van der Waals surface area contributed by atoms with Gasteiger partial charge >= 0.3 is 0 Å². The number of hydrogen-bond donors (Lipinski definition) is 2. The minimum atomic E-state index is -0.719. The maximum atomic E-state index is 11.9. The van der Waals surface area contributed by atoms with Crippen molar-refractivity contribution >= 4 is 17.5 Å². The highest BCUT2D eigenvalue weighted by Gasteiger charge is 2.13. The van der Waals surface area contributed by atoms with Gasteiger partial charge < -0.3 is 9.47 Å². The number of rotatable bonds is 6. The molecule has 2 amide bonds. The number of hydrogen-bond acceptors (Lipinski definition) is 7. The van der Waals surface area contributed by atoms with Gasteiger partial charge in [-0.3, -0.25) is 30.6 Å². The molecule has 27 heavy (non-hydrogen) atoms. The predicted molar refractivity (Wildman–Crippen MR) is 91.9 cm³/mol. The Labute approximate surface area is 153 Å². The van der Waals surface area contributed by atoms with Crippen molar-refractivity contribution in [2.45, 2.75) is 0 Å². The lowest BCUT2D eigenvalue weighted by Gasteiger charge is -2.11. The van der Waals surface area contributed by atoms with E-state index in [2.05, 4.69) is 10.9 Å². The number of carbonyl (C=O) groups excluding carboxylic acids is 2. The quantitative estimate of drug-likeness (QED) is 0.576. The standard InChI is InChI=1S/C17H14N4O6/c1-26-15-7-11(9-18)5-6-14(15)27-10-16(22)19-20-17(23)12-3-2-4-13(8-12)21(24)25/h2-8H,10H2,1H3,(H,19,22)(H,20,23). The molecule has 0 atom stereocenters. The van der Waals surface area contributed by atoms with E-state index in [-0.39, 0.29) is 22.7 Å². The Balaban J connectivity index is 1.90. The van der Waals surface area contributed by atoms with E-state index < -0.39 is 23.3 Å². The van der Waals surface area contributed by atoms with Gasteiger partial charge in [0.15, 0.2) is 18.1 Å². The van der Waals surface area contributed by atoms with Crippen molar-refractivity contribution < 1.29 is 24.0 Å². The molecule has 0 spiro atoms. The molecule has 2 N–H and O–H groups in total. The summed E-state index contributed by atoms with van der Waals surface area (Å²) < 4.78 is 10.4. The van der Waals surface area contributed by atoms with Gasteiger partial charge in [-0.1, -0.05) is 6.07 Å². The second-order valence-corrected chi connectivity index (χ2v) is 5.08. The zero-order chi connectivity index (χ0) is 19.8. The first-order valence-corrected chi connectivity index (χ1v) is 7.49. The third kappa shape index (κ3) is 5.17. The Kier molecular flexibility index (Phi) is 6.27. The number of carbonyl (C=O) groups is 2. The lowest BCUT2D eigenvalue weighted by Crippen LogP contribution is -2.43. The zero-order valence-corrected chi connectivity index (χ0v) is 14.1. The van der Waals surface area contributed by atoms with Crippen LogP contribution in [0.4, 0.5) is 5.69 Å². The summed E-state index contributed by atoms with van der Waals surface area (Å²) in [6, 6.07) is 11.4. The minimum Gasteiger partial charge on any atom is -0.493 e. The summed E-state index contributed by atoms with van der Waals surface area (Å²) in [5, 5.41) is 19.6. The van der Waals surface area contributed by atoms with Gasteiger partial charge in [-0.25, -0.2) is 0 Å². The van der Waals surface area contributed by atoms with E-state index in [0.29, 0.717) is 5.56 Å². The fraction of sp³-hybridized carbons (Fsp3) is 0.118. The Bertz CT molecular complexity index is 922. The predicted octanol–water partition coefficient (Wildman–Crippen LogP) is 1.32. The summed E-state index contributed by atoms with van der Waals surface area (Å²) in [6.45, 7) is -0.433. The number of nitro groups is 1. The van der Waals surface area contributed by atoms with Crippen molar-refractivity contribution in [3.63, 3.8) is 0 Å². The summed E-state index contributed by atoms with van der Waals surface area (Å²) in [5.41, 5.74) is 4.40. The van der Waals surface area contributed by atoms with E-state index >= 15 is 0 Å². The maximum Gasteiger partial charge on any atom is 0.276 e. The van der Waals surface area contributed by atoms with Crippen LogP contribution in [-0.4, -0.2) is 30.5 Å². The number of nitrogens with zero attached hydrogens (tertiary/aromatic N) is 2. The molecule has 2 aromatic carbocycles. The molecule has 0 aromatic heterocycles. The number of ether oxygens (including phenoxy) is 2. The van der Waals surface area contributed by atoms with Crippen molar-refractivity contribution in [2.24, 2.45) is 0 Å². The first-order valence-electron chi connectivity index (χ1n) is 7.49. The molecule has 10 heteroatoms. The Morgan fingerprint density at radius 2 is 1.96 bits per heavy atom. The summed E-state index contributed by atoms with van der Waals surface area (Å²) in [7, 11) is 1.39. The highest BCUT2D eigenvalue weighted by molar-refractivity contribution is 5.96. The van der Waals surface area contributed by atoms with Gasteiger partial charge in [0.1, 0.15) is 0 Å². The summed E-state index contributed by atoms with van der Waals surface area (Å²) in [5.74, 6) is -0.859. The fourth-order valence-corrected chi connectivity index (χ4v) is 2.00. The summed E-state index contributed by atoms with van der Waals surface area (Å²) >= 11 is 0. The zero-order valence-electron chi connectivity index (χ0n) is 14.1. The van der Waals surface area contributed by atoms with E-state index in [1.54, 1.807) is 0 Å². The Morgan fingerprint density at radius 1 is 1.19 bits per heavy atom. The van der Waals surface area contributed by atoms with Crippen LogP contribution in [0.1, 0.15) is 15.9 Å². The molecular weight excluding hydrogens is 356 g/mol. The molecule has 2 aromatic rings. The number of nitrogens with one attached hydrogen (secondary N) is 2. The fourth-order valence-electron chi connectivity index (χ4n) is 2.00. The van der Waals surface area contributed by atoms with Gasteiger partial charge in [-0.15, -0.1) is 0 Å². The molecule has 0 aliphatic carbocycles. The van der Waals surface area contributed by atoms with Crippen LogP contribution < -0.4 is 20.3 Å². The molecule has 10 nitrogen and oxygen atoms in total. The number of hydrazine groups is 1. The third-order valence-corrected chi connectivity index (χ3v) is 3.29. The molecule has 0 saturated carbocycles. The molecule has 0 saturated heterocycles. The molecule has 138 valence electrons. The molecule has 0 aliphatic rings. The van der Waals surface area contributed by atoms with E-state index in [1.807, 2.05) is 6.07 Å².